The van der Waals surface area contributed by atoms with E-state index in [4.69, 9.17) is 9.15 Å². The van der Waals surface area contributed by atoms with E-state index >= 15 is 0 Å². The van der Waals surface area contributed by atoms with Crippen LogP contribution in [0.5, 0.6) is 5.75 Å². The Morgan fingerprint density at radius 3 is 2.60 bits per heavy atom. The fraction of sp³-hybridized carbons (Fsp3) is 0.348. The van der Waals surface area contributed by atoms with Crippen molar-refractivity contribution >= 4 is 11.9 Å². The van der Waals surface area contributed by atoms with Gasteiger partial charge in [-0.05, 0) is 38.0 Å². The Balaban J connectivity index is 1.29. The van der Waals surface area contributed by atoms with Crippen molar-refractivity contribution in [2.45, 2.75) is 26.3 Å². The summed E-state index contributed by atoms with van der Waals surface area (Å²) < 4.78 is 11.5. The lowest BCUT2D eigenvalue weighted by molar-refractivity contribution is -0.125. The lowest BCUT2D eigenvalue weighted by Gasteiger charge is -2.29. The van der Waals surface area contributed by atoms with Crippen LogP contribution >= 0.6 is 0 Å². The molecule has 0 saturated carbocycles. The minimum Gasteiger partial charge on any atom is -0.494 e. The van der Waals surface area contributed by atoms with Crippen molar-refractivity contribution in [3.8, 4) is 17.2 Å². The van der Waals surface area contributed by atoms with Gasteiger partial charge in [0.1, 0.15) is 5.75 Å². The maximum atomic E-state index is 12.7. The molecular weight excluding hydrogens is 380 g/mol. The molecule has 2 heterocycles. The number of hydrogen-bond donors (Lipinski definition) is 1. The third kappa shape index (κ3) is 4.62. The Hall–Kier alpha value is -3.35. The first kappa shape index (κ1) is 19.9. The van der Waals surface area contributed by atoms with Crippen molar-refractivity contribution in [3.05, 3.63) is 60.2 Å². The number of ether oxygens (including phenoxy) is 1. The number of hydrogen-bond acceptors (Lipinski definition) is 6. The summed E-state index contributed by atoms with van der Waals surface area (Å²) in [7, 11) is 0. The summed E-state index contributed by atoms with van der Waals surface area (Å²) in [5.74, 6) is 1.40. The topological polar surface area (TPSA) is 80.5 Å². The Bertz CT molecular complexity index is 965. The molecule has 4 rings (SSSR count). The highest BCUT2D eigenvalue weighted by Gasteiger charge is 2.27. The summed E-state index contributed by atoms with van der Waals surface area (Å²) in [6.45, 7) is 4.45. The lowest BCUT2D eigenvalue weighted by atomic mass is 9.96. The highest BCUT2D eigenvalue weighted by molar-refractivity contribution is 5.79. The third-order valence-corrected chi connectivity index (χ3v) is 5.30. The average Bonchev–Trinajstić information content (AvgIpc) is 3.30. The van der Waals surface area contributed by atoms with Crippen LogP contribution in [0.15, 0.2) is 59.0 Å². The molecule has 0 atom stereocenters. The molecule has 0 aliphatic carbocycles. The number of benzene rings is 2. The second-order valence-corrected chi connectivity index (χ2v) is 7.28. The fourth-order valence-corrected chi connectivity index (χ4v) is 3.65. The van der Waals surface area contributed by atoms with Gasteiger partial charge in [0, 0.05) is 36.7 Å². The molecule has 1 aromatic heterocycles. The molecular formula is C23H26N4O3. The molecule has 1 amide bonds. The summed E-state index contributed by atoms with van der Waals surface area (Å²) in [5, 5.41) is 11.4. The van der Waals surface area contributed by atoms with Crippen LogP contribution < -0.4 is 15.0 Å². The van der Waals surface area contributed by atoms with Crippen molar-refractivity contribution in [2.75, 3.05) is 24.6 Å². The van der Waals surface area contributed by atoms with Crippen LogP contribution in [-0.2, 0) is 11.3 Å². The van der Waals surface area contributed by atoms with E-state index in [1.54, 1.807) is 0 Å². The second-order valence-electron chi connectivity index (χ2n) is 7.28. The predicted octanol–water partition coefficient (Wildman–Crippen LogP) is 3.67. The minimum absolute atomic E-state index is 0.0166. The Morgan fingerprint density at radius 1 is 1.10 bits per heavy atom. The molecule has 0 unspecified atom stereocenters. The molecule has 1 fully saturated rings. The van der Waals surface area contributed by atoms with Gasteiger partial charge in [0.05, 0.1) is 6.61 Å². The van der Waals surface area contributed by atoms with E-state index < -0.39 is 0 Å². The highest BCUT2D eigenvalue weighted by atomic mass is 16.5. The van der Waals surface area contributed by atoms with Gasteiger partial charge in [-0.2, -0.15) is 0 Å². The number of nitrogens with one attached hydrogen (secondary N) is 1. The zero-order chi connectivity index (χ0) is 20.8. The Morgan fingerprint density at radius 2 is 1.83 bits per heavy atom. The maximum Gasteiger partial charge on any atom is 0.318 e. The third-order valence-electron chi connectivity index (χ3n) is 5.30. The van der Waals surface area contributed by atoms with Gasteiger partial charge in [-0.1, -0.05) is 41.5 Å². The van der Waals surface area contributed by atoms with Gasteiger partial charge in [-0.25, -0.2) is 0 Å². The number of rotatable bonds is 7. The molecule has 0 bridgehead atoms. The molecule has 2 aromatic carbocycles. The minimum atomic E-state index is -0.0166. The zero-order valence-corrected chi connectivity index (χ0v) is 17.1. The lowest BCUT2D eigenvalue weighted by Crippen LogP contribution is -2.40. The van der Waals surface area contributed by atoms with Crippen molar-refractivity contribution < 1.29 is 13.9 Å². The van der Waals surface area contributed by atoms with E-state index in [1.165, 1.54) is 0 Å². The molecule has 1 N–H and O–H groups in total. The van der Waals surface area contributed by atoms with Crippen molar-refractivity contribution in [2.24, 2.45) is 5.92 Å². The molecule has 1 saturated heterocycles. The highest BCUT2D eigenvalue weighted by Crippen LogP contribution is 2.26. The molecule has 0 spiro atoms. The van der Waals surface area contributed by atoms with Gasteiger partial charge in [0.25, 0.3) is 0 Å². The largest absolute Gasteiger partial charge is 0.494 e. The van der Waals surface area contributed by atoms with Gasteiger partial charge in [-0.15, -0.1) is 5.10 Å². The Kier molecular flexibility index (Phi) is 6.27. The van der Waals surface area contributed by atoms with E-state index in [0.717, 1.165) is 29.7 Å². The maximum absolute atomic E-state index is 12.7. The van der Waals surface area contributed by atoms with Crippen LogP contribution in [0.25, 0.3) is 11.5 Å². The molecule has 0 radical (unpaired) electrons. The SMILES string of the molecule is CCOc1ccccc1CNC(=O)C1CCN(c2nnc(-c3ccccc3)o2)CC1. The normalized spacial score (nSPS) is 14.5. The number of anilines is 1. The summed E-state index contributed by atoms with van der Waals surface area (Å²) >= 11 is 0. The average molecular weight is 406 g/mol. The summed E-state index contributed by atoms with van der Waals surface area (Å²) in [6, 6.07) is 18.0. The number of nitrogens with zero attached hydrogens (tertiary/aromatic N) is 3. The summed E-state index contributed by atoms with van der Waals surface area (Å²) in [6.07, 6.45) is 1.50. The van der Waals surface area contributed by atoms with Crippen LogP contribution in [0.1, 0.15) is 25.3 Å². The van der Waals surface area contributed by atoms with Crippen LogP contribution in [0.4, 0.5) is 6.01 Å². The first-order valence-electron chi connectivity index (χ1n) is 10.4. The number of amides is 1. The van der Waals surface area contributed by atoms with E-state index in [9.17, 15) is 4.79 Å². The quantitative estimate of drug-likeness (QED) is 0.645. The van der Waals surface area contributed by atoms with E-state index in [-0.39, 0.29) is 11.8 Å². The van der Waals surface area contributed by atoms with Crippen LogP contribution in [0, 0.1) is 5.92 Å². The number of piperidine rings is 1. The van der Waals surface area contributed by atoms with Gasteiger partial charge in [0.2, 0.25) is 11.8 Å². The number of aromatic nitrogens is 2. The molecule has 1 aliphatic rings. The zero-order valence-electron chi connectivity index (χ0n) is 17.1. The second kappa shape index (κ2) is 9.43. The van der Waals surface area contributed by atoms with E-state index in [2.05, 4.69) is 15.5 Å². The first-order valence-corrected chi connectivity index (χ1v) is 10.4. The van der Waals surface area contributed by atoms with Gasteiger partial charge < -0.3 is 19.4 Å². The predicted molar refractivity (Wildman–Crippen MR) is 114 cm³/mol. The standard InChI is InChI=1S/C23H26N4O3/c1-2-29-20-11-7-6-10-19(20)16-24-21(28)17-12-14-27(15-13-17)23-26-25-22(30-23)18-8-4-3-5-9-18/h3-11,17H,2,12-16H2,1H3,(H,24,28). The van der Waals surface area contributed by atoms with Crippen molar-refractivity contribution in [1.29, 1.82) is 0 Å². The molecule has 7 heteroatoms. The van der Waals surface area contributed by atoms with Crippen molar-refractivity contribution in [1.82, 2.24) is 15.5 Å². The first-order chi connectivity index (χ1) is 14.7. The smallest absolute Gasteiger partial charge is 0.318 e. The molecule has 3 aromatic rings. The van der Waals surface area contributed by atoms with Crippen molar-refractivity contribution in [3.63, 3.8) is 0 Å². The summed E-state index contributed by atoms with van der Waals surface area (Å²) in [4.78, 5) is 14.7. The van der Waals surface area contributed by atoms with Crippen LogP contribution in [-0.4, -0.2) is 35.8 Å². The molecule has 30 heavy (non-hydrogen) atoms. The van der Waals surface area contributed by atoms with Gasteiger partial charge >= 0.3 is 6.01 Å². The monoisotopic (exact) mass is 406 g/mol. The number of para-hydroxylation sites is 1. The van der Waals surface area contributed by atoms with Crippen LogP contribution in [0.3, 0.4) is 0 Å². The fourth-order valence-electron chi connectivity index (χ4n) is 3.65. The molecule has 1 aliphatic heterocycles. The number of carbonyl (C=O) groups excluding carboxylic acids is 1. The van der Waals surface area contributed by atoms with Gasteiger partial charge in [0.15, 0.2) is 0 Å². The Labute approximate surface area is 176 Å². The van der Waals surface area contributed by atoms with E-state index in [1.807, 2.05) is 66.4 Å². The van der Waals surface area contributed by atoms with Gasteiger partial charge in [-0.3, -0.25) is 4.79 Å². The molecule has 7 nitrogen and oxygen atoms in total. The number of carbonyl (C=O) groups is 1. The molecule has 156 valence electrons. The van der Waals surface area contributed by atoms with Crippen LogP contribution in [0.2, 0.25) is 0 Å². The summed E-state index contributed by atoms with van der Waals surface area (Å²) in [5.41, 5.74) is 1.89. The van der Waals surface area contributed by atoms with E-state index in [0.29, 0.717) is 38.1 Å².